The van der Waals surface area contributed by atoms with E-state index in [2.05, 4.69) is 15.7 Å². The van der Waals surface area contributed by atoms with Crippen LogP contribution in [0.4, 0.5) is 0 Å². The summed E-state index contributed by atoms with van der Waals surface area (Å²) in [7, 11) is 1.89. The van der Waals surface area contributed by atoms with Gasteiger partial charge in [-0.15, -0.1) is 12.4 Å². The number of rotatable bonds is 3. The summed E-state index contributed by atoms with van der Waals surface area (Å²) in [6.07, 6.45) is 1.78. The molecule has 102 valence electrons. The summed E-state index contributed by atoms with van der Waals surface area (Å²) >= 11 is 0. The zero-order valence-corrected chi connectivity index (χ0v) is 11.4. The highest BCUT2D eigenvalue weighted by Crippen LogP contribution is 2.05. The van der Waals surface area contributed by atoms with E-state index in [1.165, 1.54) is 0 Å². The lowest BCUT2D eigenvalue weighted by molar-refractivity contribution is -0.126. The van der Waals surface area contributed by atoms with E-state index >= 15 is 0 Å². The molecule has 1 atom stereocenters. The number of hydrogen-bond acceptors (Lipinski definition) is 4. The molecule has 2 heterocycles. The van der Waals surface area contributed by atoms with Gasteiger partial charge in [0, 0.05) is 31.4 Å². The van der Waals surface area contributed by atoms with Crippen molar-refractivity contribution in [1.29, 1.82) is 0 Å². The summed E-state index contributed by atoms with van der Waals surface area (Å²) in [6, 6.07) is -0.235. The number of aryl methyl sites for hydroxylation is 1. The molecule has 0 aromatic carbocycles. The molecule has 1 saturated heterocycles. The number of morpholine rings is 1. The van der Waals surface area contributed by atoms with Crippen molar-refractivity contribution in [3.63, 3.8) is 0 Å². The van der Waals surface area contributed by atoms with E-state index in [-0.39, 0.29) is 24.4 Å². The fourth-order valence-corrected chi connectivity index (χ4v) is 1.76. The van der Waals surface area contributed by atoms with E-state index in [1.54, 1.807) is 10.9 Å². The smallest absolute Gasteiger partial charge is 0.239 e. The lowest BCUT2D eigenvalue weighted by Gasteiger charge is -2.22. The normalized spacial score (nSPS) is 19.1. The topological polar surface area (TPSA) is 68.2 Å². The van der Waals surface area contributed by atoms with Crippen LogP contribution in [0.2, 0.25) is 0 Å². The van der Waals surface area contributed by atoms with Crippen LogP contribution in [0.25, 0.3) is 0 Å². The quantitative estimate of drug-likeness (QED) is 0.798. The van der Waals surface area contributed by atoms with Crippen LogP contribution in [-0.2, 0) is 23.1 Å². The van der Waals surface area contributed by atoms with Gasteiger partial charge in [-0.25, -0.2) is 0 Å². The summed E-state index contributed by atoms with van der Waals surface area (Å²) in [6.45, 7) is 4.33. The predicted octanol–water partition coefficient (Wildman–Crippen LogP) is -0.245. The Hall–Kier alpha value is -1.11. The molecular formula is C11H19ClN4O2. The summed E-state index contributed by atoms with van der Waals surface area (Å²) < 4.78 is 7.04. The first kappa shape index (κ1) is 14.9. The molecule has 0 aliphatic carbocycles. The van der Waals surface area contributed by atoms with E-state index in [0.29, 0.717) is 19.8 Å². The maximum atomic E-state index is 11.8. The van der Waals surface area contributed by atoms with Gasteiger partial charge >= 0.3 is 0 Å². The maximum absolute atomic E-state index is 11.8. The van der Waals surface area contributed by atoms with E-state index in [0.717, 1.165) is 17.8 Å². The molecule has 2 rings (SSSR count). The molecule has 1 aliphatic heterocycles. The Labute approximate surface area is 112 Å². The summed E-state index contributed by atoms with van der Waals surface area (Å²) in [5, 5.41) is 10.1. The second-order valence-electron chi connectivity index (χ2n) is 4.18. The average Bonchev–Trinajstić information content (AvgIpc) is 2.68. The van der Waals surface area contributed by atoms with Crippen LogP contribution in [0.5, 0.6) is 0 Å². The number of nitrogens with one attached hydrogen (secondary N) is 2. The minimum absolute atomic E-state index is 0. The van der Waals surface area contributed by atoms with Crippen LogP contribution in [0, 0.1) is 6.92 Å². The van der Waals surface area contributed by atoms with Crippen LogP contribution in [-0.4, -0.2) is 41.5 Å². The van der Waals surface area contributed by atoms with E-state index < -0.39 is 0 Å². The lowest BCUT2D eigenvalue weighted by atomic mass is 10.2. The standard InChI is InChI=1S/C11H18N4O2.ClH/c1-8-9(6-14-15(8)2)5-13-11(16)10-7-17-4-3-12-10;/h6,10,12H,3-5,7H2,1-2H3,(H,13,16);1H. The Morgan fingerprint density at radius 2 is 2.50 bits per heavy atom. The molecular weight excluding hydrogens is 256 g/mol. The largest absolute Gasteiger partial charge is 0.378 e. The fraction of sp³-hybridized carbons (Fsp3) is 0.636. The van der Waals surface area contributed by atoms with Crippen LogP contribution >= 0.6 is 12.4 Å². The van der Waals surface area contributed by atoms with Gasteiger partial charge in [0.25, 0.3) is 0 Å². The Kier molecular flexibility index (Phi) is 5.58. The Morgan fingerprint density at radius 1 is 1.72 bits per heavy atom. The first-order chi connectivity index (χ1) is 8.18. The van der Waals surface area contributed by atoms with Gasteiger partial charge in [-0.1, -0.05) is 0 Å². The highest BCUT2D eigenvalue weighted by Gasteiger charge is 2.20. The van der Waals surface area contributed by atoms with Gasteiger partial charge < -0.3 is 15.4 Å². The molecule has 1 amide bonds. The van der Waals surface area contributed by atoms with Gasteiger partial charge in [0.05, 0.1) is 19.4 Å². The molecule has 1 aromatic heterocycles. The van der Waals surface area contributed by atoms with Crippen molar-refractivity contribution in [2.45, 2.75) is 19.5 Å². The zero-order valence-electron chi connectivity index (χ0n) is 10.6. The number of nitrogens with zero attached hydrogens (tertiary/aromatic N) is 2. The summed E-state index contributed by atoms with van der Waals surface area (Å²) in [5.41, 5.74) is 2.11. The highest BCUT2D eigenvalue weighted by molar-refractivity contribution is 5.85. The Balaban J connectivity index is 0.00000162. The van der Waals surface area contributed by atoms with Crippen LogP contribution in [0.15, 0.2) is 6.20 Å². The molecule has 0 spiro atoms. The lowest BCUT2D eigenvalue weighted by Crippen LogP contribution is -2.51. The van der Waals surface area contributed by atoms with Crippen molar-refractivity contribution >= 4 is 18.3 Å². The van der Waals surface area contributed by atoms with Crippen molar-refractivity contribution < 1.29 is 9.53 Å². The van der Waals surface area contributed by atoms with Gasteiger partial charge in [-0.3, -0.25) is 9.48 Å². The second-order valence-corrected chi connectivity index (χ2v) is 4.18. The number of halogens is 1. The first-order valence-corrected chi connectivity index (χ1v) is 5.75. The number of carbonyl (C=O) groups is 1. The van der Waals surface area contributed by atoms with Gasteiger partial charge in [0.1, 0.15) is 6.04 Å². The zero-order chi connectivity index (χ0) is 12.3. The summed E-state index contributed by atoms with van der Waals surface area (Å²) in [5.74, 6) is -0.0204. The van der Waals surface area contributed by atoms with Crippen LogP contribution in [0.3, 0.4) is 0 Å². The molecule has 1 aromatic rings. The fourth-order valence-electron chi connectivity index (χ4n) is 1.76. The molecule has 7 heteroatoms. The minimum Gasteiger partial charge on any atom is -0.378 e. The van der Waals surface area contributed by atoms with Crippen molar-refractivity contribution in [3.8, 4) is 0 Å². The van der Waals surface area contributed by atoms with Gasteiger partial charge in [0.15, 0.2) is 0 Å². The maximum Gasteiger partial charge on any atom is 0.239 e. The van der Waals surface area contributed by atoms with Crippen molar-refractivity contribution in [2.75, 3.05) is 19.8 Å². The van der Waals surface area contributed by atoms with Crippen molar-refractivity contribution in [1.82, 2.24) is 20.4 Å². The third kappa shape index (κ3) is 3.44. The molecule has 6 nitrogen and oxygen atoms in total. The third-order valence-corrected chi connectivity index (χ3v) is 3.03. The highest BCUT2D eigenvalue weighted by atomic mass is 35.5. The number of carbonyl (C=O) groups excluding carboxylic acids is 1. The molecule has 2 N–H and O–H groups in total. The molecule has 18 heavy (non-hydrogen) atoms. The molecule has 0 radical (unpaired) electrons. The molecule has 0 bridgehead atoms. The Morgan fingerprint density at radius 3 is 3.06 bits per heavy atom. The van der Waals surface area contributed by atoms with Gasteiger partial charge in [0.2, 0.25) is 5.91 Å². The van der Waals surface area contributed by atoms with Crippen LogP contribution < -0.4 is 10.6 Å². The first-order valence-electron chi connectivity index (χ1n) is 5.75. The monoisotopic (exact) mass is 274 g/mol. The predicted molar refractivity (Wildman–Crippen MR) is 69.6 cm³/mol. The number of aromatic nitrogens is 2. The van der Waals surface area contributed by atoms with Crippen molar-refractivity contribution in [3.05, 3.63) is 17.5 Å². The number of ether oxygens (including phenoxy) is 1. The molecule has 1 unspecified atom stereocenters. The van der Waals surface area contributed by atoms with E-state index in [4.69, 9.17) is 4.74 Å². The number of amides is 1. The van der Waals surface area contributed by atoms with E-state index in [9.17, 15) is 4.79 Å². The molecule has 0 saturated carbocycles. The Bertz CT molecular complexity index is 402. The molecule has 1 fully saturated rings. The number of hydrogen-bond donors (Lipinski definition) is 2. The second kappa shape index (κ2) is 6.72. The summed E-state index contributed by atoms with van der Waals surface area (Å²) in [4.78, 5) is 11.8. The SMILES string of the molecule is Cc1c(CNC(=O)C2COCCN2)cnn1C.Cl. The van der Waals surface area contributed by atoms with E-state index in [1.807, 2.05) is 14.0 Å². The van der Waals surface area contributed by atoms with Crippen LogP contribution in [0.1, 0.15) is 11.3 Å². The average molecular weight is 275 g/mol. The minimum atomic E-state index is -0.235. The molecule has 1 aliphatic rings. The van der Waals surface area contributed by atoms with Crippen molar-refractivity contribution in [2.24, 2.45) is 7.05 Å². The van der Waals surface area contributed by atoms with Gasteiger partial charge in [-0.05, 0) is 6.92 Å². The van der Waals surface area contributed by atoms with Gasteiger partial charge in [-0.2, -0.15) is 5.10 Å². The third-order valence-electron chi connectivity index (χ3n) is 3.03.